The summed E-state index contributed by atoms with van der Waals surface area (Å²) in [5.41, 5.74) is 1.61. The molecule has 1 N–H and O–H groups in total. The van der Waals surface area contributed by atoms with Gasteiger partial charge in [0.05, 0.1) is 5.92 Å². The molecule has 3 aliphatic heterocycles. The Kier molecular flexibility index (Phi) is 2.01. The molecule has 16 heavy (non-hydrogen) atoms. The van der Waals surface area contributed by atoms with E-state index in [1.165, 1.54) is 38.6 Å². The Bertz CT molecular complexity index is 357. The Morgan fingerprint density at radius 2 is 2.19 bits per heavy atom. The highest BCUT2D eigenvalue weighted by Gasteiger charge is 2.65. The molecule has 0 aromatic carbocycles. The number of nitrogens with zero attached hydrogens (tertiary/aromatic N) is 1. The lowest BCUT2D eigenvalue weighted by molar-refractivity contribution is -0.430. The van der Waals surface area contributed by atoms with E-state index in [0.717, 1.165) is 5.92 Å². The van der Waals surface area contributed by atoms with E-state index in [0.29, 0.717) is 25.1 Å². The molecule has 0 spiro atoms. The smallest absolute Gasteiger partial charge is 0.363 e. The maximum Gasteiger partial charge on any atom is 0.673 e. The molecule has 4 rings (SSSR count). The summed E-state index contributed by atoms with van der Waals surface area (Å²) in [7, 11) is 0.362. The second-order valence-corrected chi connectivity index (χ2v) is 5.84. The summed E-state index contributed by atoms with van der Waals surface area (Å²) in [4.78, 5) is 0. The molecular weight excluding hydrogens is 199 g/mol. The first kappa shape index (κ1) is 9.66. The number of hydrogen-bond donors (Lipinski definition) is 1. The molecule has 4 aliphatic rings. The highest BCUT2D eigenvalue weighted by Crippen LogP contribution is 2.38. The summed E-state index contributed by atoms with van der Waals surface area (Å²) in [6.07, 6.45) is 7.22. The molecule has 0 bridgehead atoms. The van der Waals surface area contributed by atoms with Crippen molar-refractivity contribution in [2.24, 2.45) is 5.92 Å². The number of nitrogens with one attached hydrogen (secondary N) is 1. The van der Waals surface area contributed by atoms with Crippen LogP contribution in [-0.2, 0) is 4.65 Å². The van der Waals surface area contributed by atoms with Gasteiger partial charge in [0.25, 0.3) is 0 Å². The van der Waals surface area contributed by atoms with Gasteiger partial charge in [0, 0.05) is 13.3 Å². The monoisotopic (exact) mass is 219 g/mol. The van der Waals surface area contributed by atoms with Crippen LogP contribution in [0.25, 0.3) is 0 Å². The first-order valence-electron chi connectivity index (χ1n) is 6.87. The van der Waals surface area contributed by atoms with Gasteiger partial charge in [0.1, 0.15) is 17.8 Å². The molecule has 86 valence electrons. The van der Waals surface area contributed by atoms with Gasteiger partial charge in [-0.25, -0.2) is 0 Å². The Hall–Kier alpha value is -0.345. The summed E-state index contributed by atoms with van der Waals surface area (Å²) >= 11 is 0. The fraction of sp³-hybridized carbons (Fsp3) is 0.917. The molecule has 1 aliphatic carbocycles. The van der Waals surface area contributed by atoms with Crippen molar-refractivity contribution in [2.75, 3.05) is 6.54 Å². The van der Waals surface area contributed by atoms with Gasteiger partial charge in [0.2, 0.25) is 0 Å². The quantitative estimate of drug-likeness (QED) is 0.610. The van der Waals surface area contributed by atoms with E-state index in [1.54, 1.807) is 5.71 Å². The third-order valence-corrected chi connectivity index (χ3v) is 5.13. The molecule has 3 nitrogen and oxygen atoms in total. The zero-order chi connectivity index (χ0) is 10.7. The molecule has 0 amide bonds. The van der Waals surface area contributed by atoms with E-state index < -0.39 is 0 Å². The van der Waals surface area contributed by atoms with Gasteiger partial charge < -0.3 is 9.97 Å². The molecular formula is C12H20BN2O+. The Morgan fingerprint density at radius 3 is 3.12 bits per heavy atom. The van der Waals surface area contributed by atoms with Gasteiger partial charge in [-0.2, -0.15) is 0 Å². The first-order chi connectivity index (χ1) is 7.86. The summed E-state index contributed by atoms with van der Waals surface area (Å²) < 4.78 is 8.95. The van der Waals surface area contributed by atoms with Crippen molar-refractivity contribution in [1.82, 2.24) is 5.32 Å². The summed E-state index contributed by atoms with van der Waals surface area (Å²) in [6, 6.07) is 0.700. The van der Waals surface area contributed by atoms with Crippen molar-refractivity contribution in [3.63, 3.8) is 0 Å². The predicted octanol–water partition coefficient (Wildman–Crippen LogP) is 0.820. The van der Waals surface area contributed by atoms with Crippen molar-refractivity contribution >= 4 is 12.8 Å². The lowest BCUT2D eigenvalue weighted by atomic mass is 9.71. The van der Waals surface area contributed by atoms with Crippen molar-refractivity contribution in [1.29, 1.82) is 0 Å². The first-order valence-corrected chi connectivity index (χ1v) is 6.87. The fourth-order valence-electron chi connectivity index (χ4n) is 4.39. The standard InChI is InChI=1S/C12H20BN2O/c1-8-9-6-7-14-12(9)13-15(8)10-4-2-3-5-11(10)16-13/h9-12,14H,2-7H2,1H3/q+1/t9?,10?,11-,12?/m1/s1. The third kappa shape index (κ3) is 1.10. The summed E-state index contributed by atoms with van der Waals surface area (Å²) in [6.45, 7) is 3.51. The largest absolute Gasteiger partial charge is 0.673 e. The van der Waals surface area contributed by atoms with Crippen LogP contribution in [-0.4, -0.2) is 41.9 Å². The van der Waals surface area contributed by atoms with E-state index in [2.05, 4.69) is 16.7 Å². The third-order valence-electron chi connectivity index (χ3n) is 5.13. The molecule has 3 unspecified atom stereocenters. The van der Waals surface area contributed by atoms with Crippen LogP contribution in [0.15, 0.2) is 0 Å². The maximum atomic E-state index is 6.32. The van der Waals surface area contributed by atoms with Gasteiger partial charge in [-0.05, 0) is 25.8 Å². The zero-order valence-electron chi connectivity index (χ0n) is 9.98. The molecule has 2 saturated heterocycles. The molecule has 0 radical (unpaired) electrons. The molecule has 0 aromatic rings. The average Bonchev–Trinajstić information content (AvgIpc) is 2.95. The molecule has 3 heterocycles. The van der Waals surface area contributed by atoms with E-state index in [4.69, 9.17) is 4.65 Å². The maximum absolute atomic E-state index is 6.32. The number of hydrogen-bond acceptors (Lipinski definition) is 2. The van der Waals surface area contributed by atoms with Crippen molar-refractivity contribution in [3.05, 3.63) is 0 Å². The van der Waals surface area contributed by atoms with Gasteiger partial charge in [-0.3, -0.25) is 4.49 Å². The fourth-order valence-corrected chi connectivity index (χ4v) is 4.39. The van der Waals surface area contributed by atoms with E-state index >= 15 is 0 Å². The minimum Gasteiger partial charge on any atom is -0.363 e. The second kappa shape index (κ2) is 3.33. The summed E-state index contributed by atoms with van der Waals surface area (Å²) in [5.74, 6) is 1.35. The van der Waals surface area contributed by atoms with Crippen LogP contribution in [0.1, 0.15) is 39.0 Å². The summed E-state index contributed by atoms with van der Waals surface area (Å²) in [5, 5.41) is 3.64. The minimum absolute atomic E-state index is 0.362. The van der Waals surface area contributed by atoms with Crippen LogP contribution in [0.2, 0.25) is 0 Å². The van der Waals surface area contributed by atoms with Crippen LogP contribution >= 0.6 is 0 Å². The Morgan fingerprint density at radius 1 is 1.31 bits per heavy atom. The second-order valence-electron chi connectivity index (χ2n) is 5.84. The SMILES string of the molecule is CC1=[N+]2B(O[C@@H]3CCCCC32)C2NCCC12. The lowest BCUT2D eigenvalue weighted by Crippen LogP contribution is -2.43. The van der Waals surface area contributed by atoms with Gasteiger partial charge in [0.15, 0.2) is 6.04 Å². The lowest BCUT2D eigenvalue weighted by Gasteiger charge is -2.22. The molecule has 0 aromatic heterocycles. The van der Waals surface area contributed by atoms with Gasteiger partial charge in [-0.15, -0.1) is 0 Å². The average molecular weight is 219 g/mol. The van der Waals surface area contributed by atoms with Crippen LogP contribution in [0.3, 0.4) is 0 Å². The van der Waals surface area contributed by atoms with Crippen LogP contribution in [0.5, 0.6) is 0 Å². The number of fused-ring (bicyclic) bond motifs is 5. The number of rotatable bonds is 0. The van der Waals surface area contributed by atoms with Crippen LogP contribution in [0.4, 0.5) is 0 Å². The van der Waals surface area contributed by atoms with E-state index in [-0.39, 0.29) is 0 Å². The van der Waals surface area contributed by atoms with Crippen molar-refractivity contribution in [2.45, 2.75) is 57.1 Å². The van der Waals surface area contributed by atoms with Crippen molar-refractivity contribution in [3.8, 4) is 0 Å². The molecule has 3 fully saturated rings. The van der Waals surface area contributed by atoms with Gasteiger partial charge in [-0.1, -0.05) is 6.42 Å². The molecule has 1 saturated carbocycles. The highest BCUT2D eigenvalue weighted by atomic mass is 16.5. The molecule has 4 heteroatoms. The Labute approximate surface area is 97.4 Å². The normalized spacial score (nSPS) is 45.9. The van der Waals surface area contributed by atoms with Gasteiger partial charge >= 0.3 is 7.05 Å². The predicted molar refractivity (Wildman–Crippen MR) is 63.7 cm³/mol. The van der Waals surface area contributed by atoms with E-state index in [9.17, 15) is 0 Å². The highest BCUT2D eigenvalue weighted by molar-refractivity contribution is 6.49. The topological polar surface area (TPSA) is 24.3 Å². The zero-order valence-corrected chi connectivity index (χ0v) is 9.98. The Balaban J connectivity index is 1.73. The van der Waals surface area contributed by atoms with E-state index in [1.807, 2.05) is 0 Å². The van der Waals surface area contributed by atoms with Crippen molar-refractivity contribution < 1.29 is 9.14 Å². The molecule has 4 atom stereocenters. The van der Waals surface area contributed by atoms with Crippen LogP contribution < -0.4 is 5.32 Å². The minimum atomic E-state index is 0.362. The van der Waals surface area contributed by atoms with Crippen LogP contribution in [0, 0.1) is 5.92 Å².